The molecular formula is C30H39BrFN3O5. The van der Waals surface area contributed by atoms with Crippen molar-refractivity contribution >= 4 is 33.5 Å². The molecule has 1 fully saturated rings. The number of ether oxygens (including phenoxy) is 3. The van der Waals surface area contributed by atoms with Gasteiger partial charge in [0.2, 0.25) is 0 Å². The van der Waals surface area contributed by atoms with E-state index in [1.54, 1.807) is 25.0 Å². The molecule has 0 spiro atoms. The Hall–Kier alpha value is -2.85. The van der Waals surface area contributed by atoms with Gasteiger partial charge in [0.15, 0.2) is 23.1 Å². The van der Waals surface area contributed by atoms with Crippen LogP contribution in [-0.2, 0) is 12.0 Å². The Bertz CT molecular complexity index is 1290. The number of piperidine rings is 1. The van der Waals surface area contributed by atoms with Crippen molar-refractivity contribution in [2.24, 2.45) is 4.02 Å². The van der Waals surface area contributed by atoms with Crippen LogP contribution in [0.4, 0.5) is 10.1 Å². The highest BCUT2D eigenvalue weighted by atomic mass is 79.9. The van der Waals surface area contributed by atoms with Gasteiger partial charge < -0.3 is 29.1 Å². The summed E-state index contributed by atoms with van der Waals surface area (Å²) in [5.41, 5.74) is 3.00. The number of hydrogen-bond acceptors (Lipinski definition) is 7. The lowest BCUT2D eigenvalue weighted by atomic mass is 9.84. The molecule has 2 aromatic carbocycles. The molecule has 2 heterocycles. The number of carbonyl (C=O) groups is 1. The lowest BCUT2D eigenvalue weighted by Gasteiger charge is -2.35. The number of carbonyl (C=O) groups excluding carboxylic acids is 1. The van der Waals surface area contributed by atoms with E-state index in [4.69, 9.17) is 14.2 Å². The monoisotopic (exact) mass is 619 g/mol. The lowest BCUT2D eigenvalue weighted by molar-refractivity contribution is 0.0962. The van der Waals surface area contributed by atoms with E-state index < -0.39 is 5.82 Å². The van der Waals surface area contributed by atoms with Crippen molar-refractivity contribution in [2.75, 3.05) is 44.9 Å². The first kappa shape index (κ1) is 30.1. The number of aliphatic hydroxyl groups excluding tert-OH is 1. The van der Waals surface area contributed by atoms with Gasteiger partial charge in [-0.25, -0.2) is 4.39 Å². The second kappa shape index (κ2) is 12.3. The number of Topliss-reactive ketones (excluding diaryl/α,β-unsaturated/α-hetero) is 1. The van der Waals surface area contributed by atoms with Crippen molar-refractivity contribution < 1.29 is 28.5 Å². The smallest absolute Gasteiger partial charge is 0.197 e. The second-order valence-electron chi connectivity index (χ2n) is 11.1. The average Bonchev–Trinajstić information content (AvgIpc) is 3.27. The summed E-state index contributed by atoms with van der Waals surface area (Å²) in [4.78, 5) is 17.8. The van der Waals surface area contributed by atoms with Crippen LogP contribution in [0.3, 0.4) is 0 Å². The first-order valence-corrected chi connectivity index (χ1v) is 14.5. The Morgan fingerprint density at radius 1 is 1.12 bits per heavy atom. The maximum Gasteiger partial charge on any atom is 0.197 e. The number of nitrogens with zero attached hydrogens (tertiary/aromatic N) is 3. The van der Waals surface area contributed by atoms with E-state index in [2.05, 4.69) is 45.8 Å². The van der Waals surface area contributed by atoms with E-state index in [0.717, 1.165) is 17.0 Å². The number of anilines is 1. The van der Waals surface area contributed by atoms with E-state index in [1.807, 2.05) is 19.1 Å². The summed E-state index contributed by atoms with van der Waals surface area (Å²) < 4.78 is 37.0. The molecule has 4 rings (SSSR count). The second-order valence-corrected chi connectivity index (χ2v) is 11.5. The minimum Gasteiger partial charge on any atom is -0.494 e. The van der Waals surface area contributed by atoms with Gasteiger partial charge in [0.05, 0.1) is 60.4 Å². The average molecular weight is 621 g/mol. The van der Waals surface area contributed by atoms with Crippen LogP contribution in [-0.4, -0.2) is 67.7 Å². The number of fused-ring (bicyclic) bond motifs is 1. The molecule has 10 heteroatoms. The molecule has 0 unspecified atom stereocenters. The largest absolute Gasteiger partial charge is 0.494 e. The van der Waals surface area contributed by atoms with E-state index >= 15 is 4.39 Å². The maximum atomic E-state index is 15.7. The predicted molar refractivity (Wildman–Crippen MR) is 158 cm³/mol. The van der Waals surface area contributed by atoms with Gasteiger partial charge in [-0.3, -0.25) is 4.79 Å². The standard InChI is InChI=1S/C30H39BrFN3O5/c1-7-39-24-15-19-16-35(29(33-31)25(19)26(32)28(24)40-8-2)17-23(37)18-13-21(30(3,4)5)27(38-6)22(14-18)34-11-9-20(36)10-12-34/h13-15,20,36H,7-12,16-17H2,1-6H3. The van der Waals surface area contributed by atoms with Gasteiger partial charge in [0.25, 0.3) is 0 Å². The summed E-state index contributed by atoms with van der Waals surface area (Å²) in [6.45, 7) is 12.2. The third-order valence-electron chi connectivity index (χ3n) is 7.37. The summed E-state index contributed by atoms with van der Waals surface area (Å²) >= 11 is 3.16. The fourth-order valence-electron chi connectivity index (χ4n) is 5.38. The van der Waals surface area contributed by atoms with Crippen LogP contribution >= 0.6 is 16.1 Å². The van der Waals surface area contributed by atoms with Gasteiger partial charge in [-0.1, -0.05) is 20.8 Å². The third kappa shape index (κ3) is 5.93. The van der Waals surface area contributed by atoms with Gasteiger partial charge in [-0.05, 0) is 55.9 Å². The molecule has 218 valence electrons. The Morgan fingerprint density at radius 3 is 2.38 bits per heavy atom. The maximum absolute atomic E-state index is 15.7. The number of benzene rings is 2. The number of aliphatic hydroxyl groups is 1. The molecule has 0 atom stereocenters. The van der Waals surface area contributed by atoms with Crippen molar-refractivity contribution in [1.29, 1.82) is 0 Å². The molecule has 1 saturated heterocycles. The zero-order valence-electron chi connectivity index (χ0n) is 24.1. The molecule has 0 bridgehead atoms. The number of rotatable bonds is 9. The normalized spacial score (nSPS) is 16.9. The fourth-order valence-corrected chi connectivity index (χ4v) is 5.79. The zero-order chi connectivity index (χ0) is 29.2. The van der Waals surface area contributed by atoms with Gasteiger partial charge >= 0.3 is 0 Å². The van der Waals surface area contributed by atoms with Gasteiger partial charge in [0, 0.05) is 30.8 Å². The van der Waals surface area contributed by atoms with Crippen molar-refractivity contribution in [3.05, 3.63) is 46.3 Å². The third-order valence-corrected chi connectivity index (χ3v) is 7.70. The molecule has 0 radical (unpaired) electrons. The molecule has 2 aromatic rings. The number of ketones is 1. The van der Waals surface area contributed by atoms with Crippen LogP contribution in [0.1, 0.15) is 74.5 Å². The van der Waals surface area contributed by atoms with Gasteiger partial charge in [-0.2, -0.15) is 4.02 Å². The molecule has 1 N–H and O–H groups in total. The SMILES string of the molecule is CCOc1cc2c(c(F)c1OCC)C(=NBr)N(CC(=O)c1cc(N3CCC(O)CC3)c(OC)c(C(C)(C)C)c1)C2. The highest BCUT2D eigenvalue weighted by molar-refractivity contribution is 9.08. The van der Waals surface area contributed by atoms with Crippen LogP contribution in [0, 0.1) is 5.82 Å². The minimum atomic E-state index is -0.551. The van der Waals surface area contributed by atoms with E-state index in [0.29, 0.717) is 67.4 Å². The number of methoxy groups -OCH3 is 1. The van der Waals surface area contributed by atoms with E-state index in [-0.39, 0.29) is 36.2 Å². The molecule has 0 aromatic heterocycles. The van der Waals surface area contributed by atoms with Crippen LogP contribution < -0.4 is 19.1 Å². The Labute approximate surface area is 244 Å². The Morgan fingerprint density at radius 2 is 1.80 bits per heavy atom. The van der Waals surface area contributed by atoms with Crippen molar-refractivity contribution in [1.82, 2.24) is 4.90 Å². The molecule has 40 heavy (non-hydrogen) atoms. The zero-order valence-corrected chi connectivity index (χ0v) is 25.7. The summed E-state index contributed by atoms with van der Waals surface area (Å²) in [6.07, 6.45) is 0.991. The summed E-state index contributed by atoms with van der Waals surface area (Å²) in [6, 6.07) is 5.55. The fraction of sp³-hybridized carbons (Fsp3) is 0.533. The number of halogens is 2. The minimum absolute atomic E-state index is 0.000551. The van der Waals surface area contributed by atoms with Crippen LogP contribution in [0.5, 0.6) is 17.2 Å². The molecule has 2 aliphatic heterocycles. The van der Waals surface area contributed by atoms with Gasteiger partial charge in [-0.15, -0.1) is 0 Å². The summed E-state index contributed by atoms with van der Waals surface area (Å²) in [5.74, 6) is 0.786. The highest BCUT2D eigenvalue weighted by Gasteiger charge is 2.35. The number of amidine groups is 1. The molecule has 0 saturated carbocycles. The quantitative estimate of drug-likeness (QED) is 0.363. The Kier molecular flexibility index (Phi) is 9.29. The van der Waals surface area contributed by atoms with Crippen LogP contribution in [0.25, 0.3) is 0 Å². The van der Waals surface area contributed by atoms with Crippen molar-refractivity contribution in [3.8, 4) is 17.2 Å². The predicted octanol–water partition coefficient (Wildman–Crippen LogP) is 5.65. The summed E-state index contributed by atoms with van der Waals surface area (Å²) in [7, 11) is 1.65. The van der Waals surface area contributed by atoms with Crippen molar-refractivity contribution in [2.45, 2.75) is 65.5 Å². The topological polar surface area (TPSA) is 83.8 Å². The molecule has 8 nitrogen and oxygen atoms in total. The first-order chi connectivity index (χ1) is 19.0. The van der Waals surface area contributed by atoms with E-state index in [1.165, 1.54) is 0 Å². The van der Waals surface area contributed by atoms with Crippen LogP contribution in [0.15, 0.2) is 22.2 Å². The highest BCUT2D eigenvalue weighted by Crippen LogP contribution is 2.42. The molecule has 0 amide bonds. The lowest BCUT2D eigenvalue weighted by Crippen LogP contribution is -2.36. The van der Waals surface area contributed by atoms with Crippen LogP contribution in [0.2, 0.25) is 0 Å². The molecular weight excluding hydrogens is 581 g/mol. The number of hydrogen-bond donors (Lipinski definition) is 1. The molecule has 0 aliphatic carbocycles. The molecule has 2 aliphatic rings. The Balaban J connectivity index is 1.70. The summed E-state index contributed by atoms with van der Waals surface area (Å²) in [5, 5.41) is 10.0. The van der Waals surface area contributed by atoms with Gasteiger partial charge in [0.1, 0.15) is 11.6 Å². The van der Waals surface area contributed by atoms with Crippen molar-refractivity contribution in [3.63, 3.8) is 0 Å². The first-order valence-electron chi connectivity index (χ1n) is 13.8. The van der Waals surface area contributed by atoms with E-state index in [9.17, 15) is 9.90 Å².